The van der Waals surface area contributed by atoms with Crippen molar-refractivity contribution >= 4 is 5.91 Å². The maximum absolute atomic E-state index is 12.9. The second-order valence-electron chi connectivity index (χ2n) is 12.3. The van der Waals surface area contributed by atoms with Crippen LogP contribution < -0.4 is 14.8 Å². The van der Waals surface area contributed by atoms with E-state index in [1.165, 1.54) is 0 Å². The maximum atomic E-state index is 12.9. The van der Waals surface area contributed by atoms with Crippen molar-refractivity contribution in [2.45, 2.75) is 84.1 Å². The largest absolute Gasteiger partial charge is 0.507 e. The third-order valence-corrected chi connectivity index (χ3v) is 9.55. The quantitative estimate of drug-likeness (QED) is 0.532. The molecular formula is C31H38N4O5. The minimum absolute atomic E-state index is 0.0530. The van der Waals surface area contributed by atoms with E-state index in [0.29, 0.717) is 42.1 Å². The summed E-state index contributed by atoms with van der Waals surface area (Å²) in [5.41, 5.74) is 6.03. The molecule has 1 saturated heterocycles. The van der Waals surface area contributed by atoms with Crippen LogP contribution in [0.4, 0.5) is 0 Å². The van der Waals surface area contributed by atoms with Gasteiger partial charge >= 0.3 is 0 Å². The second kappa shape index (κ2) is 9.57. The Morgan fingerprint density at radius 3 is 2.52 bits per heavy atom. The van der Waals surface area contributed by atoms with E-state index < -0.39 is 12.1 Å². The molecule has 40 heavy (non-hydrogen) atoms. The summed E-state index contributed by atoms with van der Waals surface area (Å²) >= 11 is 0. The predicted molar refractivity (Wildman–Crippen MR) is 148 cm³/mol. The van der Waals surface area contributed by atoms with Crippen molar-refractivity contribution in [1.29, 1.82) is 5.26 Å². The third-order valence-electron chi connectivity index (χ3n) is 9.55. The van der Waals surface area contributed by atoms with Crippen LogP contribution in [-0.2, 0) is 17.6 Å². The molecule has 3 N–H and O–H groups in total. The molecular weight excluding hydrogens is 508 g/mol. The van der Waals surface area contributed by atoms with Crippen molar-refractivity contribution in [3.05, 3.63) is 45.0 Å². The van der Waals surface area contributed by atoms with Gasteiger partial charge in [0.15, 0.2) is 11.5 Å². The van der Waals surface area contributed by atoms with Crippen LogP contribution in [0.1, 0.15) is 71.3 Å². The number of hydrogen-bond acceptors (Lipinski definition) is 8. The van der Waals surface area contributed by atoms with Crippen LogP contribution in [0.25, 0.3) is 0 Å². The highest BCUT2D eigenvalue weighted by molar-refractivity contribution is 5.76. The number of phenolic OH excluding ortho intramolecular Hbond substituents is 2. The molecule has 4 heterocycles. The van der Waals surface area contributed by atoms with E-state index in [9.17, 15) is 20.3 Å². The Labute approximate surface area is 235 Å². The van der Waals surface area contributed by atoms with Gasteiger partial charge in [-0.25, -0.2) is 0 Å². The molecule has 4 aliphatic rings. The van der Waals surface area contributed by atoms with Crippen LogP contribution in [0.3, 0.4) is 0 Å². The number of nitrogens with one attached hydrogen (secondary N) is 1. The van der Waals surface area contributed by atoms with Gasteiger partial charge in [0.1, 0.15) is 17.5 Å². The van der Waals surface area contributed by atoms with Gasteiger partial charge in [0, 0.05) is 47.3 Å². The number of hydrogen-bond donors (Lipinski definition) is 3. The van der Waals surface area contributed by atoms with Gasteiger partial charge < -0.3 is 25.0 Å². The summed E-state index contributed by atoms with van der Waals surface area (Å²) in [5.74, 6) is 1.73. The first-order chi connectivity index (χ1) is 19.0. The first-order valence-corrected chi connectivity index (χ1v) is 14.2. The molecule has 0 radical (unpaired) electrons. The SMILES string of the molecule is Cc1cc2c(c(O)c1C)[C@@H]1C3Cc4c(O)c(C)c5c(c4[C@H](CNC(=O)CC(C)C)N3[C@@H](C#N)[C@H](C2)N1C)OCO5. The highest BCUT2D eigenvalue weighted by Crippen LogP contribution is 2.57. The summed E-state index contributed by atoms with van der Waals surface area (Å²) in [6.45, 7) is 10.1. The smallest absolute Gasteiger partial charge is 0.231 e. The highest BCUT2D eigenvalue weighted by Gasteiger charge is 2.56. The number of likely N-dealkylation sites (N-methyl/N-ethyl adjacent to an activating group) is 1. The maximum Gasteiger partial charge on any atom is 0.231 e. The Kier molecular flexibility index (Phi) is 6.39. The number of nitrogens with zero attached hydrogens (tertiary/aromatic N) is 3. The number of piperazine rings is 1. The summed E-state index contributed by atoms with van der Waals surface area (Å²) < 4.78 is 11.8. The lowest BCUT2D eigenvalue weighted by Crippen LogP contribution is -2.68. The number of benzene rings is 2. The molecule has 0 spiro atoms. The Bertz CT molecular complexity index is 1450. The fourth-order valence-corrected chi connectivity index (χ4v) is 7.56. The third kappa shape index (κ3) is 3.76. The molecule has 2 aromatic carbocycles. The number of carbonyl (C=O) groups excluding carboxylic acids is 1. The van der Waals surface area contributed by atoms with Gasteiger partial charge in [0.25, 0.3) is 0 Å². The van der Waals surface area contributed by atoms with E-state index in [2.05, 4.69) is 27.3 Å². The molecule has 2 aromatic rings. The molecule has 2 bridgehead atoms. The zero-order valence-corrected chi connectivity index (χ0v) is 24.0. The Morgan fingerprint density at radius 2 is 1.82 bits per heavy atom. The highest BCUT2D eigenvalue weighted by atomic mass is 16.7. The van der Waals surface area contributed by atoms with Gasteiger partial charge in [-0.05, 0) is 63.3 Å². The average molecular weight is 547 g/mol. The van der Waals surface area contributed by atoms with Gasteiger partial charge in [-0.3, -0.25) is 14.6 Å². The van der Waals surface area contributed by atoms with E-state index in [-0.39, 0.29) is 49.0 Å². The molecule has 212 valence electrons. The van der Waals surface area contributed by atoms with Crippen molar-refractivity contribution in [1.82, 2.24) is 15.1 Å². The average Bonchev–Trinajstić information content (AvgIpc) is 3.39. The molecule has 1 unspecified atom stereocenters. The molecule has 1 fully saturated rings. The molecule has 1 amide bonds. The van der Waals surface area contributed by atoms with Gasteiger partial charge in [-0.1, -0.05) is 19.9 Å². The van der Waals surface area contributed by atoms with Crippen LogP contribution in [0.5, 0.6) is 23.0 Å². The number of phenols is 2. The molecule has 0 aromatic heterocycles. The zero-order chi connectivity index (χ0) is 28.6. The van der Waals surface area contributed by atoms with Crippen LogP contribution in [0.15, 0.2) is 6.07 Å². The van der Waals surface area contributed by atoms with Crippen LogP contribution in [-0.4, -0.2) is 64.4 Å². The fraction of sp³-hybridized carbons (Fsp3) is 0.548. The van der Waals surface area contributed by atoms with Crippen molar-refractivity contribution in [3.8, 4) is 29.1 Å². The number of amides is 1. The van der Waals surface area contributed by atoms with Crippen molar-refractivity contribution < 1.29 is 24.5 Å². The number of carbonyl (C=O) groups is 1. The summed E-state index contributed by atoms with van der Waals surface area (Å²) in [7, 11) is 2.04. The number of aryl methyl sites for hydroxylation is 1. The minimum atomic E-state index is -0.482. The lowest BCUT2D eigenvalue weighted by atomic mass is 9.71. The molecule has 6 rings (SSSR count). The first-order valence-electron chi connectivity index (χ1n) is 14.2. The number of rotatable bonds is 4. The van der Waals surface area contributed by atoms with Crippen LogP contribution in [0.2, 0.25) is 0 Å². The van der Waals surface area contributed by atoms with Crippen molar-refractivity contribution in [2.75, 3.05) is 20.4 Å². The molecule has 5 atom stereocenters. The van der Waals surface area contributed by atoms with E-state index >= 15 is 0 Å². The van der Waals surface area contributed by atoms with Gasteiger partial charge in [-0.2, -0.15) is 5.26 Å². The summed E-state index contributed by atoms with van der Waals surface area (Å²) in [6.07, 6.45) is 1.49. The lowest BCUT2D eigenvalue weighted by molar-refractivity contribution is -0.122. The van der Waals surface area contributed by atoms with Gasteiger partial charge in [0.2, 0.25) is 12.7 Å². The van der Waals surface area contributed by atoms with E-state index in [0.717, 1.165) is 33.4 Å². The topological polar surface area (TPSA) is 118 Å². The van der Waals surface area contributed by atoms with E-state index in [1.54, 1.807) is 0 Å². The summed E-state index contributed by atoms with van der Waals surface area (Å²) in [4.78, 5) is 17.3. The molecule has 0 saturated carbocycles. The minimum Gasteiger partial charge on any atom is -0.507 e. The first kappa shape index (κ1) is 26.7. The van der Waals surface area contributed by atoms with Crippen molar-refractivity contribution in [3.63, 3.8) is 0 Å². The van der Waals surface area contributed by atoms with E-state index in [4.69, 9.17) is 9.47 Å². The number of ether oxygens (including phenoxy) is 2. The predicted octanol–water partition coefficient (Wildman–Crippen LogP) is 3.69. The normalized spacial score (nSPS) is 26.6. The number of fused-ring (bicyclic) bond motifs is 9. The van der Waals surface area contributed by atoms with Crippen LogP contribution >= 0.6 is 0 Å². The summed E-state index contributed by atoms with van der Waals surface area (Å²) in [6, 6.07) is 3.31. The summed E-state index contributed by atoms with van der Waals surface area (Å²) in [5, 5.41) is 36.7. The Morgan fingerprint density at radius 1 is 1.10 bits per heavy atom. The molecule has 9 heteroatoms. The second-order valence-corrected chi connectivity index (χ2v) is 12.3. The Hall–Kier alpha value is -3.48. The Balaban J connectivity index is 1.55. The number of aromatic hydroxyl groups is 2. The number of nitriles is 1. The van der Waals surface area contributed by atoms with Crippen molar-refractivity contribution in [2.24, 2.45) is 5.92 Å². The molecule has 4 aliphatic heterocycles. The molecule has 9 nitrogen and oxygen atoms in total. The van der Waals surface area contributed by atoms with Crippen LogP contribution in [0, 0.1) is 38.0 Å². The van der Waals surface area contributed by atoms with Gasteiger partial charge in [0.05, 0.1) is 18.2 Å². The van der Waals surface area contributed by atoms with Gasteiger partial charge in [-0.15, -0.1) is 0 Å². The van der Waals surface area contributed by atoms with E-state index in [1.807, 2.05) is 41.7 Å². The fourth-order valence-electron chi connectivity index (χ4n) is 7.56. The zero-order valence-electron chi connectivity index (χ0n) is 24.0. The standard InChI is InChI=1S/C31H38N4O5/c1-14(2)7-24(36)33-12-23-26-19(28(37)17(5)30-31(26)40-13-39-30)10-21-27-25-18(8-15(3)16(4)29(25)38)9-20(34(27)6)22(11-32)35(21)23/h8,14,20-23,27,37-38H,7,9-10,12-13H2,1-6H3,(H,33,36)/t20-,21?,22-,23-,27-/m0/s1. The molecule has 0 aliphatic carbocycles. The monoisotopic (exact) mass is 546 g/mol. The lowest BCUT2D eigenvalue weighted by Gasteiger charge is -2.60.